The van der Waals surface area contributed by atoms with Crippen molar-refractivity contribution in [1.29, 1.82) is 0 Å². The Labute approximate surface area is 168 Å². The molecule has 0 atom stereocenters. The second-order valence-electron chi connectivity index (χ2n) is 5.34. The summed E-state index contributed by atoms with van der Waals surface area (Å²) >= 11 is 12.3. The molecule has 1 amide bonds. The highest BCUT2D eigenvalue weighted by Crippen LogP contribution is 2.39. The third-order valence-electron chi connectivity index (χ3n) is 3.68. The van der Waals surface area contributed by atoms with Gasteiger partial charge in [0.1, 0.15) is 0 Å². The minimum absolute atomic E-state index is 0.0782. The molecular weight excluding hydrogens is 412 g/mol. The Morgan fingerprint density at radius 2 is 2.00 bits per heavy atom. The molecule has 0 bridgehead atoms. The predicted molar refractivity (Wildman–Crippen MR) is 108 cm³/mol. The minimum Gasteiger partial charge on any atom is -0.503 e. The molecule has 3 rings (SSSR count). The molecular formula is C17H11ClN2O5S2. The van der Waals surface area contributed by atoms with Gasteiger partial charge in [-0.05, 0) is 35.9 Å². The second kappa shape index (κ2) is 7.55. The number of carbonyl (C=O) groups is 1. The Morgan fingerprint density at radius 3 is 2.59 bits per heavy atom. The Hall–Kier alpha value is -2.62. The average molecular weight is 423 g/mol. The summed E-state index contributed by atoms with van der Waals surface area (Å²) in [5.41, 5.74) is 0.914. The fourth-order valence-electron chi connectivity index (χ4n) is 2.40. The van der Waals surface area contributed by atoms with E-state index in [1.807, 2.05) is 0 Å². The van der Waals surface area contributed by atoms with Crippen LogP contribution in [0.15, 0.2) is 41.3 Å². The summed E-state index contributed by atoms with van der Waals surface area (Å²) in [5.74, 6) is -0.364. The van der Waals surface area contributed by atoms with Crippen LogP contribution in [0.1, 0.15) is 5.56 Å². The van der Waals surface area contributed by atoms with E-state index in [9.17, 15) is 20.0 Å². The number of phenols is 1. The molecule has 1 saturated heterocycles. The zero-order valence-corrected chi connectivity index (χ0v) is 16.1. The average Bonchev–Trinajstić information content (AvgIpc) is 2.91. The van der Waals surface area contributed by atoms with Gasteiger partial charge in [0, 0.05) is 12.1 Å². The van der Waals surface area contributed by atoms with Gasteiger partial charge in [-0.15, -0.1) is 0 Å². The van der Waals surface area contributed by atoms with E-state index < -0.39 is 4.92 Å². The third-order valence-corrected chi connectivity index (χ3v) is 5.27. The van der Waals surface area contributed by atoms with Gasteiger partial charge in [0.25, 0.3) is 11.6 Å². The molecule has 1 fully saturated rings. The number of rotatable bonds is 4. The van der Waals surface area contributed by atoms with Crippen LogP contribution in [0.5, 0.6) is 11.5 Å². The number of nitro groups is 1. The van der Waals surface area contributed by atoms with Crippen LogP contribution in [-0.2, 0) is 4.79 Å². The van der Waals surface area contributed by atoms with Crippen LogP contribution in [0.4, 0.5) is 11.4 Å². The van der Waals surface area contributed by atoms with E-state index in [2.05, 4.69) is 0 Å². The second-order valence-corrected chi connectivity index (χ2v) is 7.43. The van der Waals surface area contributed by atoms with Crippen molar-refractivity contribution >= 4 is 63.3 Å². The van der Waals surface area contributed by atoms with Crippen LogP contribution in [0.2, 0.25) is 5.02 Å². The van der Waals surface area contributed by atoms with Crippen LogP contribution in [0.3, 0.4) is 0 Å². The zero-order chi connectivity index (χ0) is 19.7. The first-order chi connectivity index (χ1) is 12.8. The standard InChI is InChI=1S/C17H11ClN2O5S2/c1-25-13-7-9(6-12(18)15(13)21)8-14-16(22)19(17(26)27-14)10-2-4-11(5-3-10)20(23)24/h2-8,21H,1H3/b14-8+. The maximum atomic E-state index is 12.7. The van der Waals surface area contributed by atoms with E-state index in [0.29, 0.717) is 20.5 Å². The molecule has 10 heteroatoms. The van der Waals surface area contributed by atoms with Gasteiger partial charge < -0.3 is 9.84 Å². The van der Waals surface area contributed by atoms with Gasteiger partial charge in [0.05, 0.1) is 27.6 Å². The molecule has 1 aliphatic heterocycles. The number of thioether (sulfide) groups is 1. The Bertz CT molecular complexity index is 992. The van der Waals surface area contributed by atoms with Crippen LogP contribution in [-0.4, -0.2) is 27.4 Å². The molecule has 2 aromatic carbocycles. The first-order valence-electron chi connectivity index (χ1n) is 7.40. The largest absolute Gasteiger partial charge is 0.503 e. The van der Waals surface area contributed by atoms with Crippen LogP contribution in [0, 0.1) is 10.1 Å². The summed E-state index contributed by atoms with van der Waals surface area (Å²) in [6.07, 6.45) is 1.58. The molecule has 0 spiro atoms. The van der Waals surface area contributed by atoms with Crippen molar-refractivity contribution in [3.05, 3.63) is 62.0 Å². The van der Waals surface area contributed by atoms with E-state index in [0.717, 1.165) is 11.8 Å². The van der Waals surface area contributed by atoms with Crippen LogP contribution < -0.4 is 9.64 Å². The number of carbonyl (C=O) groups excluding carboxylic acids is 1. The molecule has 0 radical (unpaired) electrons. The highest BCUT2D eigenvalue weighted by Gasteiger charge is 2.33. The van der Waals surface area contributed by atoms with Gasteiger partial charge in [-0.3, -0.25) is 19.8 Å². The third kappa shape index (κ3) is 3.75. The fraction of sp³-hybridized carbons (Fsp3) is 0.0588. The number of phenolic OH excluding ortho intramolecular Hbond substituents is 1. The number of ether oxygens (including phenoxy) is 1. The van der Waals surface area contributed by atoms with Crippen molar-refractivity contribution in [3.8, 4) is 11.5 Å². The maximum absolute atomic E-state index is 12.7. The van der Waals surface area contributed by atoms with Gasteiger partial charge >= 0.3 is 0 Å². The highest BCUT2D eigenvalue weighted by atomic mass is 35.5. The van der Waals surface area contributed by atoms with Crippen LogP contribution in [0.25, 0.3) is 6.08 Å². The number of hydrogen-bond acceptors (Lipinski definition) is 7. The lowest BCUT2D eigenvalue weighted by Crippen LogP contribution is -2.27. The monoisotopic (exact) mass is 422 g/mol. The van der Waals surface area contributed by atoms with Crippen molar-refractivity contribution < 1.29 is 19.6 Å². The topological polar surface area (TPSA) is 92.9 Å². The van der Waals surface area contributed by atoms with Gasteiger partial charge in [-0.25, -0.2) is 0 Å². The number of benzene rings is 2. The first kappa shape index (κ1) is 19.2. The van der Waals surface area contributed by atoms with Gasteiger partial charge in [0.15, 0.2) is 15.8 Å². The molecule has 0 saturated carbocycles. The molecule has 2 aromatic rings. The lowest BCUT2D eigenvalue weighted by molar-refractivity contribution is -0.384. The zero-order valence-electron chi connectivity index (χ0n) is 13.7. The number of thiocarbonyl (C=S) groups is 1. The summed E-state index contributed by atoms with van der Waals surface area (Å²) < 4.78 is 5.36. The van der Waals surface area contributed by atoms with E-state index in [1.54, 1.807) is 12.1 Å². The maximum Gasteiger partial charge on any atom is 0.270 e. The summed E-state index contributed by atoms with van der Waals surface area (Å²) in [6, 6.07) is 8.58. The molecule has 27 heavy (non-hydrogen) atoms. The number of non-ortho nitro benzene ring substituents is 1. The molecule has 0 aromatic heterocycles. The van der Waals surface area contributed by atoms with E-state index in [4.69, 9.17) is 28.6 Å². The van der Waals surface area contributed by atoms with Crippen LogP contribution >= 0.6 is 35.6 Å². The summed E-state index contributed by atoms with van der Waals surface area (Å²) in [7, 11) is 1.39. The number of halogens is 1. The number of hydrogen-bond donors (Lipinski definition) is 1. The van der Waals surface area contributed by atoms with E-state index in [-0.39, 0.29) is 28.1 Å². The Balaban J connectivity index is 1.93. The fourth-order valence-corrected chi connectivity index (χ4v) is 3.92. The van der Waals surface area contributed by atoms with Crippen molar-refractivity contribution in [3.63, 3.8) is 0 Å². The van der Waals surface area contributed by atoms with Crippen molar-refractivity contribution in [2.75, 3.05) is 12.0 Å². The van der Waals surface area contributed by atoms with Crippen molar-refractivity contribution in [2.45, 2.75) is 0 Å². The number of methoxy groups -OCH3 is 1. The van der Waals surface area contributed by atoms with E-state index in [1.165, 1.54) is 42.3 Å². The normalized spacial score (nSPS) is 15.5. The predicted octanol–water partition coefficient (Wildman–Crippen LogP) is 4.37. The highest BCUT2D eigenvalue weighted by molar-refractivity contribution is 8.27. The Morgan fingerprint density at radius 1 is 1.33 bits per heavy atom. The summed E-state index contributed by atoms with van der Waals surface area (Å²) in [6.45, 7) is 0. The SMILES string of the molecule is COc1cc(/C=C2/SC(=S)N(c3ccc([N+](=O)[O-])cc3)C2=O)cc(Cl)c1O. The summed E-state index contributed by atoms with van der Waals surface area (Å²) in [5, 5.41) is 20.7. The van der Waals surface area contributed by atoms with Crippen molar-refractivity contribution in [2.24, 2.45) is 0 Å². The number of nitro benzene ring substituents is 1. The molecule has 0 aliphatic carbocycles. The molecule has 0 unspecified atom stereocenters. The molecule has 1 N–H and O–H groups in total. The van der Waals surface area contributed by atoms with Gasteiger partial charge in [-0.2, -0.15) is 0 Å². The summed E-state index contributed by atoms with van der Waals surface area (Å²) in [4.78, 5) is 24.6. The number of anilines is 1. The molecule has 1 aliphatic rings. The lowest BCUT2D eigenvalue weighted by Gasteiger charge is -2.14. The van der Waals surface area contributed by atoms with E-state index >= 15 is 0 Å². The number of amides is 1. The molecule has 1 heterocycles. The molecule has 138 valence electrons. The number of nitrogens with zero attached hydrogens (tertiary/aromatic N) is 2. The quantitative estimate of drug-likeness (QED) is 0.338. The first-order valence-corrected chi connectivity index (χ1v) is 9.01. The van der Waals surface area contributed by atoms with Gasteiger partial charge in [-0.1, -0.05) is 35.6 Å². The Kier molecular flexibility index (Phi) is 5.36. The molecule has 7 nitrogen and oxygen atoms in total. The minimum atomic E-state index is -0.518. The smallest absolute Gasteiger partial charge is 0.270 e. The number of aromatic hydroxyl groups is 1. The van der Waals surface area contributed by atoms with Crippen molar-refractivity contribution in [1.82, 2.24) is 0 Å². The lowest BCUT2D eigenvalue weighted by atomic mass is 10.1. The van der Waals surface area contributed by atoms with Gasteiger partial charge in [0.2, 0.25) is 0 Å².